The molecule has 0 saturated carbocycles. The summed E-state index contributed by atoms with van der Waals surface area (Å²) in [7, 11) is 1.94. The van der Waals surface area contributed by atoms with Gasteiger partial charge in [0.2, 0.25) is 0 Å². The van der Waals surface area contributed by atoms with Crippen LogP contribution in [0.4, 0.5) is 5.69 Å². The maximum absolute atomic E-state index is 13.3. The second kappa shape index (κ2) is 6.85. The highest BCUT2D eigenvalue weighted by Gasteiger charge is 2.23. The molecule has 0 radical (unpaired) electrons. The molecule has 3 aromatic carbocycles. The molecule has 5 rings (SSSR count). The number of nitrogens with zero attached hydrogens (tertiary/aromatic N) is 3. The summed E-state index contributed by atoms with van der Waals surface area (Å²) in [5, 5.41) is 2.34. The molecule has 4 aromatic rings. The van der Waals surface area contributed by atoms with Crippen LogP contribution in [-0.2, 0) is 13.6 Å². The van der Waals surface area contributed by atoms with Crippen LogP contribution in [0, 0.1) is 6.92 Å². The minimum Gasteiger partial charge on any atom is -0.490 e. The number of hydrogen-bond acceptors (Lipinski definition) is 3. The Hall–Kier alpha value is -3.47. The van der Waals surface area contributed by atoms with E-state index in [1.807, 2.05) is 61.1 Å². The van der Waals surface area contributed by atoms with Gasteiger partial charge < -0.3 is 9.64 Å². The highest BCUT2D eigenvalue weighted by molar-refractivity contribution is 5.89. The molecule has 29 heavy (non-hydrogen) atoms. The van der Waals surface area contributed by atoms with Crippen LogP contribution >= 0.6 is 0 Å². The predicted molar refractivity (Wildman–Crippen MR) is 116 cm³/mol. The Morgan fingerprint density at radius 3 is 2.41 bits per heavy atom. The maximum atomic E-state index is 13.3. The average molecular weight is 385 g/mol. The third-order valence-corrected chi connectivity index (χ3v) is 5.81. The predicted octanol–water partition coefficient (Wildman–Crippen LogP) is 4.04. The van der Waals surface area contributed by atoms with Gasteiger partial charge in [-0.3, -0.25) is 9.48 Å². The van der Waals surface area contributed by atoms with E-state index >= 15 is 0 Å². The zero-order valence-electron chi connectivity index (χ0n) is 16.6. The van der Waals surface area contributed by atoms with Crippen molar-refractivity contribution in [1.82, 2.24) is 9.36 Å². The van der Waals surface area contributed by atoms with E-state index in [2.05, 4.69) is 29.2 Å². The Bertz CT molecular complexity index is 1250. The molecular weight excluding hydrogens is 362 g/mol. The minimum absolute atomic E-state index is 0.0324. The zero-order valence-corrected chi connectivity index (χ0v) is 16.6. The number of para-hydroxylation sites is 1. The lowest BCUT2D eigenvalue weighted by molar-refractivity contribution is 0.307. The van der Waals surface area contributed by atoms with Crippen LogP contribution < -0.4 is 15.2 Å². The molecular formula is C24H23N3O2. The summed E-state index contributed by atoms with van der Waals surface area (Å²) in [6.07, 6.45) is 0. The normalized spacial score (nSPS) is 13.4. The van der Waals surface area contributed by atoms with Gasteiger partial charge in [-0.05, 0) is 42.0 Å². The number of anilines is 1. The van der Waals surface area contributed by atoms with Crippen LogP contribution in [0.5, 0.6) is 5.75 Å². The summed E-state index contributed by atoms with van der Waals surface area (Å²) in [6.45, 7) is 3.94. The summed E-state index contributed by atoms with van der Waals surface area (Å²) in [4.78, 5) is 15.5. The highest BCUT2D eigenvalue weighted by atomic mass is 16.5. The van der Waals surface area contributed by atoms with Crippen molar-refractivity contribution in [2.75, 3.05) is 18.1 Å². The van der Waals surface area contributed by atoms with Gasteiger partial charge in [-0.2, -0.15) is 0 Å². The molecule has 146 valence electrons. The first-order valence-electron chi connectivity index (χ1n) is 9.87. The first-order chi connectivity index (χ1) is 14.1. The summed E-state index contributed by atoms with van der Waals surface area (Å²) in [6, 6.07) is 22.3. The lowest BCUT2D eigenvalue weighted by Crippen LogP contribution is -2.34. The molecule has 0 unspecified atom stereocenters. The molecule has 0 spiro atoms. The van der Waals surface area contributed by atoms with E-state index in [-0.39, 0.29) is 5.56 Å². The van der Waals surface area contributed by atoms with Crippen LogP contribution in [0.15, 0.2) is 71.5 Å². The second-order valence-corrected chi connectivity index (χ2v) is 7.48. The smallest absolute Gasteiger partial charge is 0.276 e. The SMILES string of the molecule is Cc1c(CN2CCOc3cc4ccccc4cc32)c(=O)n(-c2ccccc2)n1C. The van der Waals surface area contributed by atoms with E-state index in [1.165, 1.54) is 5.39 Å². The number of rotatable bonds is 3. The van der Waals surface area contributed by atoms with E-state index in [0.29, 0.717) is 13.2 Å². The first-order valence-corrected chi connectivity index (χ1v) is 9.87. The molecule has 2 heterocycles. The molecule has 0 atom stereocenters. The van der Waals surface area contributed by atoms with Gasteiger partial charge in [0.1, 0.15) is 12.4 Å². The molecule has 0 amide bonds. The Labute approximate surface area is 169 Å². The standard InChI is InChI=1S/C24H23N3O2/c1-17-21(24(28)27(25(17)2)20-10-4-3-5-11-20)16-26-12-13-29-23-15-19-9-7-6-8-18(19)14-22(23)26/h3-11,14-15H,12-13,16H2,1-2H3. The molecule has 0 saturated heterocycles. The Kier molecular flexibility index (Phi) is 4.16. The molecule has 0 N–H and O–H groups in total. The van der Waals surface area contributed by atoms with E-state index in [9.17, 15) is 4.79 Å². The van der Waals surface area contributed by atoms with E-state index in [0.717, 1.165) is 40.3 Å². The lowest BCUT2D eigenvalue weighted by Gasteiger charge is -2.31. The van der Waals surface area contributed by atoms with Crippen molar-refractivity contribution >= 4 is 16.5 Å². The highest BCUT2D eigenvalue weighted by Crippen LogP contribution is 2.36. The van der Waals surface area contributed by atoms with Gasteiger partial charge >= 0.3 is 0 Å². The molecule has 0 fully saturated rings. The fraction of sp³-hybridized carbons (Fsp3) is 0.208. The fourth-order valence-corrected chi connectivity index (χ4v) is 4.12. The quantitative estimate of drug-likeness (QED) is 0.534. The number of aromatic nitrogens is 2. The van der Waals surface area contributed by atoms with Crippen LogP contribution in [0.2, 0.25) is 0 Å². The van der Waals surface area contributed by atoms with Gasteiger partial charge in [0.25, 0.3) is 5.56 Å². The van der Waals surface area contributed by atoms with Crippen LogP contribution in [0.1, 0.15) is 11.3 Å². The number of hydrogen-bond donors (Lipinski definition) is 0. The number of ether oxygens (including phenoxy) is 1. The summed E-state index contributed by atoms with van der Waals surface area (Å²) in [5.74, 6) is 0.881. The molecule has 0 bridgehead atoms. The van der Waals surface area contributed by atoms with Crippen molar-refractivity contribution < 1.29 is 4.74 Å². The van der Waals surface area contributed by atoms with Gasteiger partial charge in [0, 0.05) is 12.7 Å². The Morgan fingerprint density at radius 1 is 0.966 bits per heavy atom. The van der Waals surface area contributed by atoms with Gasteiger partial charge in [-0.15, -0.1) is 0 Å². The topological polar surface area (TPSA) is 39.4 Å². The Balaban J connectivity index is 1.57. The summed E-state index contributed by atoms with van der Waals surface area (Å²) >= 11 is 0. The van der Waals surface area contributed by atoms with Crippen molar-refractivity contribution in [3.05, 3.63) is 88.3 Å². The van der Waals surface area contributed by atoms with Crippen LogP contribution in [-0.4, -0.2) is 22.5 Å². The van der Waals surface area contributed by atoms with Crippen molar-refractivity contribution in [3.63, 3.8) is 0 Å². The fourth-order valence-electron chi connectivity index (χ4n) is 4.12. The van der Waals surface area contributed by atoms with Crippen molar-refractivity contribution in [3.8, 4) is 11.4 Å². The third-order valence-electron chi connectivity index (χ3n) is 5.81. The first kappa shape index (κ1) is 17.6. The van der Waals surface area contributed by atoms with Gasteiger partial charge in [0.15, 0.2) is 0 Å². The molecule has 0 aliphatic carbocycles. The number of fused-ring (bicyclic) bond motifs is 2. The molecule has 5 heteroatoms. The third kappa shape index (κ3) is 2.90. The number of benzene rings is 3. The van der Waals surface area contributed by atoms with E-state index < -0.39 is 0 Å². The molecule has 1 aliphatic rings. The zero-order chi connectivity index (χ0) is 20.0. The Morgan fingerprint density at radius 2 is 1.66 bits per heavy atom. The van der Waals surface area contributed by atoms with Gasteiger partial charge in [-0.25, -0.2) is 4.68 Å². The van der Waals surface area contributed by atoms with Crippen LogP contribution in [0.3, 0.4) is 0 Å². The van der Waals surface area contributed by atoms with Crippen molar-refractivity contribution in [2.45, 2.75) is 13.5 Å². The average Bonchev–Trinajstić information content (AvgIpc) is 2.96. The van der Waals surface area contributed by atoms with Gasteiger partial charge in [0.05, 0.1) is 30.0 Å². The summed E-state index contributed by atoms with van der Waals surface area (Å²) < 4.78 is 9.61. The maximum Gasteiger partial charge on any atom is 0.276 e. The summed E-state index contributed by atoms with van der Waals surface area (Å²) in [5.41, 5.74) is 3.75. The van der Waals surface area contributed by atoms with E-state index in [1.54, 1.807) is 4.68 Å². The lowest BCUT2D eigenvalue weighted by atomic mass is 10.1. The molecule has 1 aliphatic heterocycles. The second-order valence-electron chi connectivity index (χ2n) is 7.48. The van der Waals surface area contributed by atoms with Crippen molar-refractivity contribution in [1.29, 1.82) is 0 Å². The largest absolute Gasteiger partial charge is 0.490 e. The van der Waals surface area contributed by atoms with Crippen LogP contribution in [0.25, 0.3) is 16.5 Å². The monoisotopic (exact) mass is 385 g/mol. The minimum atomic E-state index is 0.0324. The van der Waals surface area contributed by atoms with E-state index in [4.69, 9.17) is 4.74 Å². The van der Waals surface area contributed by atoms with Crippen molar-refractivity contribution in [2.24, 2.45) is 7.05 Å². The van der Waals surface area contributed by atoms with Gasteiger partial charge in [-0.1, -0.05) is 42.5 Å². The molecule has 5 nitrogen and oxygen atoms in total. The molecule has 1 aromatic heterocycles.